The van der Waals surface area contributed by atoms with Gasteiger partial charge in [0.25, 0.3) is 0 Å². The Morgan fingerprint density at radius 3 is 2.63 bits per heavy atom. The molecule has 0 aliphatic carbocycles. The fourth-order valence-electron chi connectivity index (χ4n) is 1.47. The summed E-state index contributed by atoms with van der Waals surface area (Å²) in [6, 6.07) is 9.60. The Bertz CT molecular complexity index is 682. The van der Waals surface area contributed by atoms with Gasteiger partial charge in [-0.2, -0.15) is 4.68 Å². The second-order valence-corrected chi connectivity index (χ2v) is 4.51. The Labute approximate surface area is 112 Å². The van der Waals surface area contributed by atoms with Crippen LogP contribution in [0, 0.1) is 0 Å². The molecule has 94 valence electrons. The van der Waals surface area contributed by atoms with E-state index in [1.54, 1.807) is 17.1 Å². The molecule has 3 aromatic rings. The minimum atomic E-state index is 0.357. The molecule has 1 aromatic carbocycles. The minimum Gasteiger partial charge on any atom is -0.381 e. The number of hydrogen-bond donors (Lipinski definition) is 1. The molecule has 0 aliphatic rings. The Balaban J connectivity index is 1.96. The highest BCUT2D eigenvalue weighted by molar-refractivity contribution is 7.99. The van der Waals surface area contributed by atoms with Gasteiger partial charge in [-0.05, 0) is 34.3 Å². The van der Waals surface area contributed by atoms with E-state index < -0.39 is 0 Å². The smallest absolute Gasteiger partial charge is 0.220 e. The molecule has 2 heterocycles. The van der Waals surface area contributed by atoms with Gasteiger partial charge in [0.05, 0.1) is 5.69 Å². The number of nitrogens with zero attached hydrogens (tertiary/aromatic N) is 6. The zero-order chi connectivity index (χ0) is 13.1. The van der Waals surface area contributed by atoms with Crippen LogP contribution in [0.15, 0.2) is 52.9 Å². The van der Waals surface area contributed by atoms with Crippen LogP contribution in [0.25, 0.3) is 5.69 Å². The van der Waals surface area contributed by atoms with Gasteiger partial charge < -0.3 is 5.73 Å². The highest BCUT2D eigenvalue weighted by atomic mass is 32.2. The van der Waals surface area contributed by atoms with Crippen molar-refractivity contribution in [1.82, 2.24) is 30.2 Å². The summed E-state index contributed by atoms with van der Waals surface area (Å²) >= 11 is 1.27. The monoisotopic (exact) mass is 271 g/mol. The number of hydrogen-bond acceptors (Lipinski definition) is 7. The van der Waals surface area contributed by atoms with E-state index in [4.69, 9.17) is 5.73 Å². The number of tetrazole rings is 1. The van der Waals surface area contributed by atoms with Crippen LogP contribution in [0.3, 0.4) is 0 Å². The van der Waals surface area contributed by atoms with Crippen molar-refractivity contribution < 1.29 is 0 Å². The van der Waals surface area contributed by atoms with E-state index in [1.807, 2.05) is 30.3 Å². The van der Waals surface area contributed by atoms with E-state index in [9.17, 15) is 0 Å². The number of para-hydroxylation sites is 1. The standard InChI is InChI=1S/C11H9N7S/c12-9-10(14-7-6-13-9)19-11-15-16-17-18(11)8-4-2-1-3-5-8/h1-7H,(H2,12,13). The van der Waals surface area contributed by atoms with Crippen molar-refractivity contribution in [2.45, 2.75) is 10.2 Å². The molecule has 0 radical (unpaired) electrons. The van der Waals surface area contributed by atoms with Gasteiger partial charge in [0.15, 0.2) is 5.82 Å². The fourth-order valence-corrected chi connectivity index (χ4v) is 2.22. The lowest BCUT2D eigenvalue weighted by molar-refractivity contribution is 0.756. The molecule has 2 aromatic heterocycles. The first-order chi connectivity index (χ1) is 9.34. The average Bonchev–Trinajstić information content (AvgIpc) is 2.91. The van der Waals surface area contributed by atoms with Gasteiger partial charge >= 0.3 is 0 Å². The normalized spacial score (nSPS) is 10.5. The molecule has 0 saturated carbocycles. The second-order valence-electron chi connectivity index (χ2n) is 3.56. The largest absolute Gasteiger partial charge is 0.381 e. The van der Waals surface area contributed by atoms with Crippen LogP contribution in [-0.2, 0) is 0 Å². The van der Waals surface area contributed by atoms with Crippen LogP contribution in [-0.4, -0.2) is 30.2 Å². The number of rotatable bonds is 3. The minimum absolute atomic E-state index is 0.357. The summed E-state index contributed by atoms with van der Waals surface area (Å²) in [6.07, 6.45) is 3.12. The molecule has 0 unspecified atom stereocenters. The first kappa shape index (κ1) is 11.6. The van der Waals surface area contributed by atoms with E-state index in [0.717, 1.165) is 5.69 Å². The van der Waals surface area contributed by atoms with Crippen molar-refractivity contribution >= 4 is 17.6 Å². The summed E-state index contributed by atoms with van der Waals surface area (Å²) < 4.78 is 1.62. The Morgan fingerprint density at radius 1 is 1.05 bits per heavy atom. The van der Waals surface area contributed by atoms with Crippen molar-refractivity contribution in [3.63, 3.8) is 0 Å². The van der Waals surface area contributed by atoms with Gasteiger partial charge in [-0.3, -0.25) is 0 Å². The quantitative estimate of drug-likeness (QED) is 0.764. The zero-order valence-electron chi connectivity index (χ0n) is 9.71. The number of nitrogen functional groups attached to an aromatic ring is 1. The molecule has 0 bridgehead atoms. The van der Waals surface area contributed by atoms with Crippen molar-refractivity contribution in [3.8, 4) is 5.69 Å². The predicted octanol–water partition coefficient (Wildman–Crippen LogP) is 1.19. The summed E-state index contributed by atoms with van der Waals surface area (Å²) in [5.41, 5.74) is 6.63. The molecule has 2 N–H and O–H groups in total. The van der Waals surface area contributed by atoms with Gasteiger partial charge in [-0.1, -0.05) is 18.2 Å². The summed E-state index contributed by atoms with van der Waals surface area (Å²) in [6.45, 7) is 0. The number of anilines is 1. The van der Waals surface area contributed by atoms with E-state index in [0.29, 0.717) is 16.0 Å². The zero-order valence-corrected chi connectivity index (χ0v) is 10.5. The Hall–Kier alpha value is -2.48. The lowest BCUT2D eigenvalue weighted by Crippen LogP contribution is -2.00. The van der Waals surface area contributed by atoms with Crippen LogP contribution in [0.1, 0.15) is 0 Å². The molecule has 19 heavy (non-hydrogen) atoms. The molecule has 0 spiro atoms. The fraction of sp³-hybridized carbons (Fsp3) is 0. The first-order valence-corrected chi connectivity index (χ1v) is 6.24. The lowest BCUT2D eigenvalue weighted by atomic mass is 10.3. The van der Waals surface area contributed by atoms with E-state index in [2.05, 4.69) is 25.5 Å². The molecule has 3 rings (SSSR count). The second kappa shape index (κ2) is 5.02. The summed E-state index contributed by atoms with van der Waals surface area (Å²) in [7, 11) is 0. The predicted molar refractivity (Wildman–Crippen MR) is 69.7 cm³/mol. The first-order valence-electron chi connectivity index (χ1n) is 5.43. The van der Waals surface area contributed by atoms with Crippen LogP contribution < -0.4 is 5.73 Å². The van der Waals surface area contributed by atoms with Crippen molar-refractivity contribution in [1.29, 1.82) is 0 Å². The van der Waals surface area contributed by atoms with E-state index in [1.165, 1.54) is 11.8 Å². The molecular weight excluding hydrogens is 262 g/mol. The SMILES string of the molecule is Nc1nccnc1Sc1nnnn1-c1ccccc1. The van der Waals surface area contributed by atoms with Crippen LogP contribution in [0.2, 0.25) is 0 Å². The highest BCUT2D eigenvalue weighted by Crippen LogP contribution is 2.27. The van der Waals surface area contributed by atoms with E-state index in [-0.39, 0.29) is 0 Å². The lowest BCUT2D eigenvalue weighted by Gasteiger charge is -2.04. The van der Waals surface area contributed by atoms with Crippen LogP contribution in [0.5, 0.6) is 0 Å². The Kier molecular flexibility index (Phi) is 3.07. The van der Waals surface area contributed by atoms with Gasteiger partial charge in [0, 0.05) is 12.4 Å². The molecule has 0 aliphatic heterocycles. The third-order valence-corrected chi connectivity index (χ3v) is 3.27. The topological polar surface area (TPSA) is 95.4 Å². The maximum atomic E-state index is 5.75. The molecule has 0 saturated heterocycles. The number of benzene rings is 1. The average molecular weight is 271 g/mol. The Morgan fingerprint density at radius 2 is 1.84 bits per heavy atom. The van der Waals surface area contributed by atoms with Crippen LogP contribution >= 0.6 is 11.8 Å². The molecule has 0 fully saturated rings. The highest BCUT2D eigenvalue weighted by Gasteiger charge is 2.12. The maximum Gasteiger partial charge on any atom is 0.220 e. The summed E-state index contributed by atoms with van der Waals surface area (Å²) in [4.78, 5) is 8.13. The third kappa shape index (κ3) is 2.38. The summed E-state index contributed by atoms with van der Waals surface area (Å²) in [5.74, 6) is 0.357. The van der Waals surface area contributed by atoms with Gasteiger partial charge in [0.2, 0.25) is 5.16 Å². The molecule has 7 nitrogen and oxygen atoms in total. The summed E-state index contributed by atoms with van der Waals surface area (Å²) in [5, 5.41) is 12.8. The third-order valence-electron chi connectivity index (χ3n) is 2.32. The van der Waals surface area contributed by atoms with Gasteiger partial charge in [0.1, 0.15) is 5.03 Å². The molecule has 0 amide bonds. The van der Waals surface area contributed by atoms with Crippen molar-refractivity contribution in [2.24, 2.45) is 0 Å². The van der Waals surface area contributed by atoms with Crippen molar-refractivity contribution in [2.75, 3.05) is 5.73 Å². The van der Waals surface area contributed by atoms with E-state index >= 15 is 0 Å². The molecule has 0 atom stereocenters. The number of nitrogens with two attached hydrogens (primary N) is 1. The molecule has 8 heteroatoms. The van der Waals surface area contributed by atoms with Gasteiger partial charge in [-0.15, -0.1) is 5.10 Å². The molecular formula is C11H9N7S. The maximum absolute atomic E-state index is 5.75. The number of aromatic nitrogens is 6. The van der Waals surface area contributed by atoms with Crippen molar-refractivity contribution in [3.05, 3.63) is 42.7 Å². The van der Waals surface area contributed by atoms with Gasteiger partial charge in [-0.25, -0.2) is 9.97 Å². The van der Waals surface area contributed by atoms with Crippen LogP contribution in [0.4, 0.5) is 5.82 Å².